The van der Waals surface area contributed by atoms with Crippen molar-refractivity contribution in [2.75, 3.05) is 0 Å². The standard InChI is InChI=1S/C11H18N4O/c1-3-8-4-5-10(16)9(6-8)7-11-12-14-15(2)13-11/h8-9H,3-7H2,1-2H3. The average molecular weight is 222 g/mol. The fraction of sp³-hybridized carbons (Fsp3) is 0.818. The summed E-state index contributed by atoms with van der Waals surface area (Å²) in [6.45, 7) is 2.19. The summed E-state index contributed by atoms with van der Waals surface area (Å²) in [6, 6.07) is 0. The van der Waals surface area contributed by atoms with Gasteiger partial charge >= 0.3 is 0 Å². The van der Waals surface area contributed by atoms with Crippen molar-refractivity contribution in [3.63, 3.8) is 0 Å². The predicted molar refractivity (Wildman–Crippen MR) is 58.6 cm³/mol. The molecule has 0 N–H and O–H groups in total. The van der Waals surface area contributed by atoms with Gasteiger partial charge in [-0.1, -0.05) is 13.3 Å². The summed E-state index contributed by atoms with van der Waals surface area (Å²) in [5.74, 6) is 1.87. The molecule has 0 spiro atoms. The Morgan fingerprint density at radius 2 is 2.31 bits per heavy atom. The molecular weight excluding hydrogens is 204 g/mol. The first-order valence-corrected chi connectivity index (χ1v) is 5.94. The SMILES string of the molecule is CCC1CCC(=O)C(Cc2nnn(C)n2)C1. The molecule has 1 aliphatic rings. The summed E-state index contributed by atoms with van der Waals surface area (Å²) in [4.78, 5) is 13.2. The molecule has 1 fully saturated rings. The Labute approximate surface area is 95.2 Å². The summed E-state index contributed by atoms with van der Waals surface area (Å²) in [5, 5.41) is 11.9. The Morgan fingerprint density at radius 3 is 2.94 bits per heavy atom. The number of aromatic nitrogens is 4. The fourth-order valence-corrected chi connectivity index (χ4v) is 2.40. The molecular formula is C11H18N4O. The highest BCUT2D eigenvalue weighted by atomic mass is 16.1. The van der Waals surface area contributed by atoms with Crippen molar-refractivity contribution >= 4 is 5.78 Å². The molecule has 0 aromatic carbocycles. The monoisotopic (exact) mass is 222 g/mol. The van der Waals surface area contributed by atoms with Gasteiger partial charge in [0.15, 0.2) is 5.82 Å². The van der Waals surface area contributed by atoms with Gasteiger partial charge in [0.25, 0.3) is 0 Å². The number of carbonyl (C=O) groups is 1. The fourth-order valence-electron chi connectivity index (χ4n) is 2.40. The van der Waals surface area contributed by atoms with E-state index in [0.29, 0.717) is 23.9 Å². The third-order valence-corrected chi connectivity index (χ3v) is 3.43. The number of aryl methyl sites for hydroxylation is 1. The molecule has 88 valence electrons. The lowest BCUT2D eigenvalue weighted by Crippen LogP contribution is -2.26. The van der Waals surface area contributed by atoms with Gasteiger partial charge in [-0.2, -0.15) is 4.80 Å². The smallest absolute Gasteiger partial charge is 0.175 e. The summed E-state index contributed by atoms with van der Waals surface area (Å²) in [6.07, 6.45) is 4.59. The normalized spacial score (nSPS) is 26.0. The molecule has 16 heavy (non-hydrogen) atoms. The summed E-state index contributed by atoms with van der Waals surface area (Å²) in [5.41, 5.74) is 0. The van der Waals surface area contributed by atoms with Crippen LogP contribution in [0, 0.1) is 11.8 Å². The van der Waals surface area contributed by atoms with Gasteiger partial charge in [-0.05, 0) is 24.0 Å². The average Bonchev–Trinajstić information content (AvgIpc) is 2.67. The lowest BCUT2D eigenvalue weighted by molar-refractivity contribution is -0.125. The first-order valence-electron chi connectivity index (χ1n) is 5.94. The number of hydrogen-bond acceptors (Lipinski definition) is 4. The minimum absolute atomic E-state index is 0.114. The highest BCUT2D eigenvalue weighted by molar-refractivity contribution is 5.81. The molecule has 0 saturated heterocycles. The van der Waals surface area contributed by atoms with E-state index in [1.54, 1.807) is 7.05 Å². The van der Waals surface area contributed by atoms with E-state index in [4.69, 9.17) is 0 Å². The molecule has 0 bridgehead atoms. The van der Waals surface area contributed by atoms with Crippen LogP contribution in [0.4, 0.5) is 0 Å². The Morgan fingerprint density at radius 1 is 1.50 bits per heavy atom. The highest BCUT2D eigenvalue weighted by Gasteiger charge is 2.28. The van der Waals surface area contributed by atoms with Crippen LogP contribution >= 0.6 is 0 Å². The molecule has 1 aliphatic carbocycles. The molecule has 1 heterocycles. The second-order valence-corrected chi connectivity index (χ2v) is 4.61. The van der Waals surface area contributed by atoms with Crippen LogP contribution in [-0.2, 0) is 18.3 Å². The van der Waals surface area contributed by atoms with E-state index >= 15 is 0 Å². The van der Waals surface area contributed by atoms with Crippen LogP contribution in [-0.4, -0.2) is 26.0 Å². The number of carbonyl (C=O) groups excluding carboxylic acids is 1. The highest BCUT2D eigenvalue weighted by Crippen LogP contribution is 2.30. The number of hydrogen-bond donors (Lipinski definition) is 0. The molecule has 0 radical (unpaired) electrons. The molecule has 5 nitrogen and oxygen atoms in total. The number of tetrazole rings is 1. The van der Waals surface area contributed by atoms with Crippen LogP contribution in [0.3, 0.4) is 0 Å². The topological polar surface area (TPSA) is 60.7 Å². The Kier molecular flexibility index (Phi) is 3.31. The van der Waals surface area contributed by atoms with Crippen molar-refractivity contribution in [2.45, 2.75) is 39.0 Å². The van der Waals surface area contributed by atoms with Crippen LogP contribution in [0.5, 0.6) is 0 Å². The van der Waals surface area contributed by atoms with Crippen molar-refractivity contribution < 1.29 is 4.79 Å². The van der Waals surface area contributed by atoms with E-state index in [0.717, 1.165) is 25.7 Å². The molecule has 1 aromatic rings. The molecule has 2 rings (SSSR count). The predicted octanol–water partition coefficient (Wildman–Crippen LogP) is 1.15. The summed E-state index contributed by atoms with van der Waals surface area (Å²) in [7, 11) is 1.74. The van der Waals surface area contributed by atoms with Gasteiger partial charge in [-0.25, -0.2) is 0 Å². The van der Waals surface area contributed by atoms with Crippen LogP contribution < -0.4 is 0 Å². The van der Waals surface area contributed by atoms with E-state index in [1.807, 2.05) is 0 Å². The molecule has 1 aromatic heterocycles. The third kappa shape index (κ3) is 2.46. The second-order valence-electron chi connectivity index (χ2n) is 4.61. The van der Waals surface area contributed by atoms with Crippen molar-refractivity contribution in [1.82, 2.24) is 20.2 Å². The number of Topliss-reactive ketones (excluding diaryl/α,β-unsaturated/α-hetero) is 1. The third-order valence-electron chi connectivity index (χ3n) is 3.43. The van der Waals surface area contributed by atoms with E-state index in [-0.39, 0.29) is 5.92 Å². The van der Waals surface area contributed by atoms with E-state index < -0.39 is 0 Å². The van der Waals surface area contributed by atoms with Crippen molar-refractivity contribution in [2.24, 2.45) is 18.9 Å². The Bertz CT molecular complexity index is 374. The van der Waals surface area contributed by atoms with Gasteiger partial charge in [0.2, 0.25) is 0 Å². The largest absolute Gasteiger partial charge is 0.299 e. The number of nitrogens with zero attached hydrogens (tertiary/aromatic N) is 4. The molecule has 2 atom stereocenters. The van der Waals surface area contributed by atoms with Crippen molar-refractivity contribution in [1.29, 1.82) is 0 Å². The zero-order valence-corrected chi connectivity index (χ0v) is 9.89. The number of ketones is 1. The minimum atomic E-state index is 0.114. The Balaban J connectivity index is 1.99. The lowest BCUT2D eigenvalue weighted by atomic mass is 9.78. The zero-order chi connectivity index (χ0) is 11.5. The van der Waals surface area contributed by atoms with Crippen LogP contribution in [0.25, 0.3) is 0 Å². The van der Waals surface area contributed by atoms with E-state index in [1.165, 1.54) is 4.80 Å². The first kappa shape index (κ1) is 11.2. The van der Waals surface area contributed by atoms with Gasteiger partial charge in [0.1, 0.15) is 5.78 Å². The van der Waals surface area contributed by atoms with Gasteiger partial charge in [-0.15, -0.1) is 10.2 Å². The van der Waals surface area contributed by atoms with Crippen LogP contribution in [0.2, 0.25) is 0 Å². The molecule has 1 saturated carbocycles. The van der Waals surface area contributed by atoms with Crippen LogP contribution in [0.1, 0.15) is 38.4 Å². The summed E-state index contributed by atoms with van der Waals surface area (Å²) < 4.78 is 0. The number of rotatable bonds is 3. The quantitative estimate of drug-likeness (QED) is 0.769. The molecule has 5 heteroatoms. The minimum Gasteiger partial charge on any atom is -0.299 e. The van der Waals surface area contributed by atoms with Crippen molar-refractivity contribution in [3.05, 3.63) is 5.82 Å². The molecule has 0 aliphatic heterocycles. The zero-order valence-electron chi connectivity index (χ0n) is 9.89. The first-order chi connectivity index (χ1) is 7.69. The van der Waals surface area contributed by atoms with Gasteiger partial charge < -0.3 is 0 Å². The van der Waals surface area contributed by atoms with Gasteiger partial charge in [0, 0.05) is 18.8 Å². The maximum atomic E-state index is 11.8. The second kappa shape index (κ2) is 4.72. The Hall–Kier alpha value is -1.26. The maximum Gasteiger partial charge on any atom is 0.175 e. The molecule has 0 amide bonds. The van der Waals surface area contributed by atoms with E-state index in [9.17, 15) is 4.79 Å². The van der Waals surface area contributed by atoms with Gasteiger partial charge in [0.05, 0.1) is 7.05 Å². The molecule has 2 unspecified atom stereocenters. The van der Waals surface area contributed by atoms with Crippen LogP contribution in [0.15, 0.2) is 0 Å². The summed E-state index contributed by atoms with van der Waals surface area (Å²) >= 11 is 0. The maximum absolute atomic E-state index is 11.8. The van der Waals surface area contributed by atoms with Crippen molar-refractivity contribution in [3.8, 4) is 0 Å². The van der Waals surface area contributed by atoms with Gasteiger partial charge in [-0.3, -0.25) is 4.79 Å². The lowest BCUT2D eigenvalue weighted by Gasteiger charge is -2.26. The van der Waals surface area contributed by atoms with E-state index in [2.05, 4.69) is 22.3 Å².